The molecule has 0 bridgehead atoms. The molecule has 1 aliphatic heterocycles. The Morgan fingerprint density at radius 1 is 1.18 bits per heavy atom. The Labute approximate surface area is 164 Å². The zero-order chi connectivity index (χ0) is 19.7. The summed E-state index contributed by atoms with van der Waals surface area (Å²) in [4.78, 5) is 8.84. The summed E-state index contributed by atoms with van der Waals surface area (Å²) in [7, 11) is -1.97. The summed E-state index contributed by atoms with van der Waals surface area (Å²) in [5.74, 6) is 1.66. The highest BCUT2D eigenvalue weighted by Crippen LogP contribution is 2.29. The van der Waals surface area contributed by atoms with Crippen molar-refractivity contribution in [2.75, 3.05) is 20.2 Å². The van der Waals surface area contributed by atoms with E-state index in [0.717, 1.165) is 23.6 Å². The van der Waals surface area contributed by atoms with Gasteiger partial charge in [-0.2, -0.15) is 4.31 Å². The topological polar surface area (TPSA) is 77.3 Å². The van der Waals surface area contributed by atoms with Gasteiger partial charge in [-0.15, -0.1) is 0 Å². The number of rotatable bonds is 6. The molecule has 3 aromatic rings. The van der Waals surface area contributed by atoms with Gasteiger partial charge in [0, 0.05) is 61.5 Å². The van der Waals surface area contributed by atoms with Gasteiger partial charge in [-0.3, -0.25) is 4.98 Å². The fraction of sp³-hybridized carbons (Fsp3) is 0.300. The average molecular weight is 398 g/mol. The number of hydrogen-bond acceptors (Lipinski definition) is 5. The monoisotopic (exact) mass is 398 g/mol. The van der Waals surface area contributed by atoms with E-state index in [1.807, 2.05) is 25.3 Å². The minimum atomic E-state index is -3.50. The van der Waals surface area contributed by atoms with Gasteiger partial charge >= 0.3 is 0 Å². The van der Waals surface area contributed by atoms with Gasteiger partial charge in [-0.05, 0) is 31.2 Å². The van der Waals surface area contributed by atoms with E-state index in [1.54, 1.807) is 36.7 Å². The Bertz CT molecular complexity index is 1070. The molecular weight excluding hydrogens is 376 g/mol. The summed E-state index contributed by atoms with van der Waals surface area (Å²) in [6.45, 7) is 3.73. The molecule has 1 saturated heterocycles. The maximum Gasteiger partial charge on any atom is 0.243 e. The molecule has 0 amide bonds. The maximum absolute atomic E-state index is 12.8. The number of hydrogen-bond donors (Lipinski definition) is 0. The highest BCUT2D eigenvalue weighted by molar-refractivity contribution is 7.89. The molecule has 4 rings (SSSR count). The zero-order valence-electron chi connectivity index (χ0n) is 15.8. The molecule has 0 unspecified atom stereocenters. The number of ether oxygens (including phenoxy) is 1. The first-order valence-electron chi connectivity index (χ1n) is 9.06. The highest BCUT2D eigenvalue weighted by Gasteiger charge is 2.37. The van der Waals surface area contributed by atoms with E-state index in [4.69, 9.17) is 4.74 Å². The largest absolute Gasteiger partial charge is 0.497 e. The van der Waals surface area contributed by atoms with Crippen molar-refractivity contribution < 1.29 is 13.2 Å². The lowest BCUT2D eigenvalue weighted by molar-refractivity contribution is 0.179. The molecule has 3 heterocycles. The Morgan fingerprint density at radius 3 is 2.64 bits per heavy atom. The van der Waals surface area contributed by atoms with Crippen LogP contribution < -0.4 is 4.74 Å². The summed E-state index contributed by atoms with van der Waals surface area (Å²) in [5.41, 5.74) is 2.06. The SMILES string of the molecule is COc1cccc(S(=O)(=O)N2CC(Cn3c(C)cnc3-c3ccncc3)C2)c1. The molecule has 1 aliphatic rings. The van der Waals surface area contributed by atoms with Crippen LogP contribution in [-0.4, -0.2) is 47.5 Å². The quantitative estimate of drug-likeness (QED) is 0.638. The average Bonchev–Trinajstić information content (AvgIpc) is 3.05. The van der Waals surface area contributed by atoms with Crippen molar-refractivity contribution in [3.8, 4) is 17.1 Å². The normalized spacial score (nSPS) is 15.4. The lowest BCUT2D eigenvalue weighted by Crippen LogP contribution is -2.51. The number of benzene rings is 1. The fourth-order valence-electron chi connectivity index (χ4n) is 3.43. The first-order valence-corrected chi connectivity index (χ1v) is 10.5. The van der Waals surface area contributed by atoms with Crippen LogP contribution in [0, 0.1) is 12.8 Å². The molecule has 1 aromatic carbocycles. The Hall–Kier alpha value is -2.71. The van der Waals surface area contributed by atoms with Crippen molar-refractivity contribution >= 4 is 10.0 Å². The second kappa shape index (κ2) is 7.37. The summed E-state index contributed by atoms with van der Waals surface area (Å²) < 4.78 is 34.5. The molecule has 0 atom stereocenters. The van der Waals surface area contributed by atoms with Crippen LogP contribution in [0.5, 0.6) is 5.75 Å². The van der Waals surface area contributed by atoms with Crippen LogP contribution in [-0.2, 0) is 16.6 Å². The van der Waals surface area contributed by atoms with E-state index in [0.29, 0.717) is 18.8 Å². The molecule has 7 nitrogen and oxygen atoms in total. The number of methoxy groups -OCH3 is 1. The number of imidazole rings is 1. The predicted molar refractivity (Wildman–Crippen MR) is 105 cm³/mol. The van der Waals surface area contributed by atoms with Gasteiger partial charge < -0.3 is 9.30 Å². The van der Waals surface area contributed by atoms with Crippen molar-refractivity contribution in [3.63, 3.8) is 0 Å². The van der Waals surface area contributed by atoms with Crippen LogP contribution in [0.25, 0.3) is 11.4 Å². The van der Waals surface area contributed by atoms with Gasteiger partial charge in [0.1, 0.15) is 11.6 Å². The van der Waals surface area contributed by atoms with Crippen LogP contribution in [0.3, 0.4) is 0 Å². The minimum Gasteiger partial charge on any atom is -0.497 e. The fourth-order valence-corrected chi connectivity index (χ4v) is 5.05. The molecule has 0 spiro atoms. The third-order valence-electron chi connectivity index (χ3n) is 5.04. The summed E-state index contributed by atoms with van der Waals surface area (Å²) in [6, 6.07) is 10.5. The van der Waals surface area contributed by atoms with Crippen LogP contribution in [0.15, 0.2) is 59.9 Å². The van der Waals surface area contributed by atoms with Crippen LogP contribution in [0.1, 0.15) is 5.69 Å². The first-order chi connectivity index (χ1) is 13.5. The van der Waals surface area contributed by atoms with Gasteiger partial charge in [0.05, 0.1) is 12.0 Å². The molecular formula is C20H22N4O3S. The Morgan fingerprint density at radius 2 is 1.93 bits per heavy atom. The molecule has 0 N–H and O–H groups in total. The van der Waals surface area contributed by atoms with Gasteiger partial charge in [0.2, 0.25) is 10.0 Å². The number of sulfonamides is 1. The van der Waals surface area contributed by atoms with E-state index in [9.17, 15) is 8.42 Å². The molecule has 0 radical (unpaired) electrons. The van der Waals surface area contributed by atoms with Gasteiger partial charge in [-0.25, -0.2) is 13.4 Å². The molecule has 0 saturated carbocycles. The van der Waals surface area contributed by atoms with Crippen molar-refractivity contribution in [2.45, 2.75) is 18.4 Å². The van der Waals surface area contributed by atoms with E-state index in [1.165, 1.54) is 11.4 Å². The standard InChI is InChI=1S/C20H22N4O3S/c1-15-11-22-20(17-6-8-21-9-7-17)24(15)14-16-12-23(13-16)28(25,26)19-5-3-4-18(10-19)27-2/h3-11,16H,12-14H2,1-2H3. The summed E-state index contributed by atoms with van der Waals surface area (Å²) >= 11 is 0. The molecule has 146 valence electrons. The number of nitrogens with zero attached hydrogens (tertiary/aromatic N) is 4. The van der Waals surface area contributed by atoms with Crippen molar-refractivity contribution in [1.29, 1.82) is 0 Å². The summed E-state index contributed by atoms with van der Waals surface area (Å²) in [6.07, 6.45) is 5.34. The highest BCUT2D eigenvalue weighted by atomic mass is 32.2. The minimum absolute atomic E-state index is 0.244. The van der Waals surface area contributed by atoms with Gasteiger partial charge in [0.15, 0.2) is 0 Å². The van der Waals surface area contributed by atoms with Crippen molar-refractivity contribution in [2.24, 2.45) is 5.92 Å². The third kappa shape index (κ3) is 3.41. The van der Waals surface area contributed by atoms with Gasteiger partial charge in [0.25, 0.3) is 0 Å². The number of pyridine rings is 1. The zero-order valence-corrected chi connectivity index (χ0v) is 16.6. The smallest absolute Gasteiger partial charge is 0.243 e. The van der Waals surface area contributed by atoms with E-state index in [2.05, 4.69) is 14.5 Å². The molecule has 2 aromatic heterocycles. The Balaban J connectivity index is 1.47. The van der Waals surface area contributed by atoms with E-state index >= 15 is 0 Å². The maximum atomic E-state index is 12.8. The predicted octanol–water partition coefficient (Wildman–Crippen LogP) is 2.58. The van der Waals surface area contributed by atoms with Crippen molar-refractivity contribution in [1.82, 2.24) is 18.8 Å². The molecule has 8 heteroatoms. The van der Waals surface area contributed by atoms with Gasteiger partial charge in [-0.1, -0.05) is 6.07 Å². The molecule has 1 fully saturated rings. The number of aryl methyl sites for hydroxylation is 1. The second-order valence-electron chi connectivity index (χ2n) is 6.94. The van der Waals surface area contributed by atoms with E-state index < -0.39 is 10.0 Å². The summed E-state index contributed by atoms with van der Waals surface area (Å²) in [5, 5.41) is 0. The first kappa shape index (κ1) is 18.6. The van der Waals surface area contributed by atoms with E-state index in [-0.39, 0.29) is 10.8 Å². The van der Waals surface area contributed by atoms with Crippen LogP contribution in [0.4, 0.5) is 0 Å². The van der Waals surface area contributed by atoms with Crippen molar-refractivity contribution in [3.05, 3.63) is 60.7 Å². The lowest BCUT2D eigenvalue weighted by Gasteiger charge is -2.38. The Kier molecular flexibility index (Phi) is 4.91. The lowest BCUT2D eigenvalue weighted by atomic mass is 10.0. The van der Waals surface area contributed by atoms with Crippen LogP contribution >= 0.6 is 0 Å². The third-order valence-corrected chi connectivity index (χ3v) is 6.86. The molecule has 28 heavy (non-hydrogen) atoms. The number of aromatic nitrogens is 3. The second-order valence-corrected chi connectivity index (χ2v) is 8.87. The molecule has 0 aliphatic carbocycles. The van der Waals surface area contributed by atoms with Crippen LogP contribution in [0.2, 0.25) is 0 Å².